The van der Waals surface area contributed by atoms with Crippen LogP contribution in [0.25, 0.3) is 22.2 Å². The molecule has 152 valence electrons. The monoisotopic (exact) mass is 408 g/mol. The number of nitrogen functional groups attached to an aromatic ring is 1. The molecule has 0 saturated heterocycles. The number of phenols is 1. The topological polar surface area (TPSA) is 153 Å². The van der Waals surface area contributed by atoms with Gasteiger partial charge in [0.2, 0.25) is 0 Å². The summed E-state index contributed by atoms with van der Waals surface area (Å²) in [5.41, 5.74) is 7.58. The van der Waals surface area contributed by atoms with Crippen LogP contribution in [0.5, 0.6) is 5.75 Å². The lowest BCUT2D eigenvalue weighted by Gasteiger charge is -2.04. The van der Waals surface area contributed by atoms with Crippen molar-refractivity contribution in [2.75, 3.05) is 5.73 Å². The van der Waals surface area contributed by atoms with E-state index in [0.29, 0.717) is 22.2 Å². The molecule has 2 aromatic heterocycles. The Bertz CT molecular complexity index is 1260. The van der Waals surface area contributed by atoms with Crippen LogP contribution in [0.2, 0.25) is 0 Å². The fourth-order valence-corrected chi connectivity index (χ4v) is 2.96. The van der Waals surface area contributed by atoms with Gasteiger partial charge in [0.25, 0.3) is 5.91 Å². The Morgan fingerprint density at radius 3 is 2.77 bits per heavy atom. The molecule has 2 heterocycles. The number of nitrogens with zero attached hydrogens (tertiary/aromatic N) is 2. The Morgan fingerprint density at radius 1 is 1.17 bits per heavy atom. The molecule has 1 amide bonds. The maximum Gasteiger partial charge on any atom is 0.532 e. The van der Waals surface area contributed by atoms with Gasteiger partial charge in [0.1, 0.15) is 17.0 Å². The fraction of sp³-hybridized carbons (Fsp3) is 0.0500. The van der Waals surface area contributed by atoms with Crippen molar-refractivity contribution in [3.8, 4) is 17.1 Å². The fourth-order valence-electron chi connectivity index (χ4n) is 2.96. The van der Waals surface area contributed by atoms with Gasteiger partial charge in [-0.1, -0.05) is 17.0 Å². The van der Waals surface area contributed by atoms with E-state index in [2.05, 4.69) is 15.3 Å². The van der Waals surface area contributed by atoms with Crippen molar-refractivity contribution in [2.24, 2.45) is 0 Å². The minimum atomic E-state index is -1.52. The average Bonchev–Trinajstić information content (AvgIpc) is 3.31. The zero-order valence-electron chi connectivity index (χ0n) is 15.4. The Kier molecular flexibility index (Phi) is 4.72. The second-order valence-corrected chi connectivity index (χ2v) is 6.36. The molecule has 0 unspecified atom stereocenters. The molecule has 0 saturated carbocycles. The van der Waals surface area contributed by atoms with E-state index in [-0.39, 0.29) is 23.9 Å². The van der Waals surface area contributed by atoms with Crippen LogP contribution in [0.15, 0.2) is 59.0 Å². The molecule has 30 heavy (non-hydrogen) atoms. The molecule has 4 rings (SSSR count). The number of carbonyl (C=O) groups is 2. The number of nitrogens with one attached hydrogen (secondary N) is 1. The third kappa shape index (κ3) is 3.74. The maximum atomic E-state index is 12.3. The number of fused-ring (bicyclic) bond motifs is 1. The van der Waals surface area contributed by atoms with E-state index < -0.39 is 12.1 Å². The zero-order valence-corrected chi connectivity index (χ0v) is 15.4. The summed E-state index contributed by atoms with van der Waals surface area (Å²) in [5.74, 6) is 0.333. The summed E-state index contributed by atoms with van der Waals surface area (Å²) < 4.78 is 5.65. The van der Waals surface area contributed by atoms with E-state index in [1.807, 2.05) is 0 Å². The number of carbonyl (C=O) groups excluding carboxylic acids is 1. The molecule has 0 atom stereocenters. The zero-order chi connectivity index (χ0) is 21.3. The first-order valence-electron chi connectivity index (χ1n) is 8.76. The molecule has 0 aliphatic carbocycles. The molecule has 0 bridgehead atoms. The molecule has 0 aliphatic rings. The molecule has 0 spiro atoms. The number of anilines is 1. The van der Waals surface area contributed by atoms with Gasteiger partial charge in [0.05, 0.1) is 0 Å². The first-order valence-corrected chi connectivity index (χ1v) is 8.76. The van der Waals surface area contributed by atoms with Gasteiger partial charge in [-0.3, -0.25) is 9.63 Å². The number of aromatic nitrogens is 2. The number of hydrogen-bond acceptors (Lipinski definition) is 7. The third-order valence-corrected chi connectivity index (χ3v) is 4.32. The van der Waals surface area contributed by atoms with Gasteiger partial charge in [0.15, 0.2) is 11.6 Å². The number of phenolic OH excluding ortho intramolecular Hbond substituents is 1. The Balaban J connectivity index is 1.53. The predicted molar refractivity (Wildman–Crippen MR) is 106 cm³/mol. The summed E-state index contributed by atoms with van der Waals surface area (Å²) in [6, 6.07) is 14.7. The Morgan fingerprint density at radius 2 is 2.00 bits per heavy atom. The van der Waals surface area contributed by atoms with Crippen molar-refractivity contribution in [1.82, 2.24) is 15.3 Å². The largest absolute Gasteiger partial charge is 0.532 e. The smallest absolute Gasteiger partial charge is 0.508 e. The van der Waals surface area contributed by atoms with E-state index in [1.165, 1.54) is 6.07 Å². The first kappa shape index (κ1) is 18.9. The molecular weight excluding hydrogens is 392 g/mol. The highest BCUT2D eigenvalue weighted by atomic mass is 16.8. The maximum absolute atomic E-state index is 12.3. The molecule has 0 fully saturated rings. The van der Waals surface area contributed by atoms with Crippen LogP contribution >= 0.6 is 0 Å². The van der Waals surface area contributed by atoms with Gasteiger partial charge in [-0.05, 0) is 48.0 Å². The van der Waals surface area contributed by atoms with E-state index in [4.69, 9.17) is 15.3 Å². The van der Waals surface area contributed by atoms with Crippen molar-refractivity contribution >= 4 is 28.8 Å². The standard InChI is InChI=1S/C20H16N4O6/c21-18-14-9-12(4-5-15(14)24(23-18)30-20(27)28)16-6-7-17(29-16)19(26)22-10-11-2-1-3-13(25)8-11/h1-9,25H,10H2,(H2,21,23)(H,22,26)(H,27,28). The predicted octanol–water partition coefficient (Wildman–Crippen LogP) is 2.62. The Hall–Kier alpha value is -4.47. The number of aromatic hydroxyl groups is 1. The third-order valence-electron chi connectivity index (χ3n) is 4.32. The number of carboxylic acid groups (broad SMARTS) is 1. The number of amides is 1. The first-order chi connectivity index (χ1) is 14.4. The van der Waals surface area contributed by atoms with Gasteiger partial charge in [-0.25, -0.2) is 4.79 Å². The molecule has 4 aromatic rings. The van der Waals surface area contributed by atoms with Crippen LogP contribution < -0.4 is 15.9 Å². The SMILES string of the molecule is Nc1nn(OC(=O)O)c2ccc(-c3ccc(C(=O)NCc4cccc(O)c4)o3)cc12. The highest BCUT2D eigenvalue weighted by Crippen LogP contribution is 2.28. The summed E-state index contributed by atoms with van der Waals surface area (Å²) in [4.78, 5) is 28.5. The molecule has 0 aliphatic heterocycles. The van der Waals surface area contributed by atoms with Crippen LogP contribution in [-0.4, -0.2) is 32.2 Å². The summed E-state index contributed by atoms with van der Waals surface area (Å²) in [7, 11) is 0. The normalized spacial score (nSPS) is 10.8. The molecule has 5 N–H and O–H groups in total. The van der Waals surface area contributed by atoms with Crippen LogP contribution in [0.4, 0.5) is 10.6 Å². The van der Waals surface area contributed by atoms with Gasteiger partial charge < -0.3 is 25.7 Å². The minimum Gasteiger partial charge on any atom is -0.508 e. The lowest BCUT2D eigenvalue weighted by Crippen LogP contribution is -2.22. The highest BCUT2D eigenvalue weighted by Gasteiger charge is 2.16. The molecule has 2 aromatic carbocycles. The van der Waals surface area contributed by atoms with Crippen LogP contribution in [0.1, 0.15) is 16.1 Å². The lowest BCUT2D eigenvalue weighted by atomic mass is 10.1. The molecule has 0 radical (unpaired) electrons. The van der Waals surface area contributed by atoms with E-state index >= 15 is 0 Å². The van der Waals surface area contributed by atoms with Crippen molar-refractivity contribution < 1.29 is 29.1 Å². The second-order valence-electron chi connectivity index (χ2n) is 6.36. The summed E-state index contributed by atoms with van der Waals surface area (Å²) in [6.45, 7) is 0.231. The summed E-state index contributed by atoms with van der Waals surface area (Å²) in [5, 5.41) is 25.3. The van der Waals surface area contributed by atoms with Crippen LogP contribution in [0, 0.1) is 0 Å². The van der Waals surface area contributed by atoms with Crippen LogP contribution in [-0.2, 0) is 6.54 Å². The number of nitrogens with two attached hydrogens (primary N) is 1. The molecule has 10 heteroatoms. The Labute approximate surface area is 169 Å². The minimum absolute atomic E-state index is 0.0868. The molecule has 10 nitrogen and oxygen atoms in total. The summed E-state index contributed by atoms with van der Waals surface area (Å²) in [6.07, 6.45) is -1.52. The van der Waals surface area contributed by atoms with Crippen LogP contribution in [0.3, 0.4) is 0 Å². The number of rotatable bonds is 5. The summed E-state index contributed by atoms with van der Waals surface area (Å²) >= 11 is 0. The van der Waals surface area contributed by atoms with Crippen molar-refractivity contribution in [1.29, 1.82) is 0 Å². The van der Waals surface area contributed by atoms with Gasteiger partial charge in [-0.15, -0.1) is 5.10 Å². The average molecular weight is 408 g/mol. The quantitative estimate of drug-likeness (QED) is 0.393. The lowest BCUT2D eigenvalue weighted by molar-refractivity contribution is 0.0734. The highest BCUT2D eigenvalue weighted by molar-refractivity contribution is 5.94. The second kappa shape index (κ2) is 7.51. The molecular formula is C20H16N4O6. The number of hydrogen-bond donors (Lipinski definition) is 4. The van der Waals surface area contributed by atoms with Crippen molar-refractivity contribution in [3.63, 3.8) is 0 Å². The van der Waals surface area contributed by atoms with Crippen molar-refractivity contribution in [3.05, 3.63) is 65.9 Å². The van der Waals surface area contributed by atoms with E-state index in [9.17, 15) is 14.7 Å². The van der Waals surface area contributed by atoms with E-state index in [0.717, 1.165) is 10.4 Å². The van der Waals surface area contributed by atoms with Crippen molar-refractivity contribution in [2.45, 2.75) is 6.54 Å². The number of benzene rings is 2. The van der Waals surface area contributed by atoms with E-state index in [1.54, 1.807) is 48.5 Å². The number of furan rings is 1. The van der Waals surface area contributed by atoms with Gasteiger partial charge in [0, 0.05) is 17.5 Å². The van der Waals surface area contributed by atoms with Gasteiger partial charge in [-0.2, -0.15) is 0 Å². The van der Waals surface area contributed by atoms with Gasteiger partial charge >= 0.3 is 6.16 Å².